The molecule has 4 atom stereocenters. The van der Waals surface area contributed by atoms with Crippen molar-refractivity contribution in [3.8, 4) is 0 Å². The Morgan fingerprint density at radius 1 is 0.708 bits per heavy atom. The lowest BCUT2D eigenvalue weighted by atomic mass is 9.82. The van der Waals surface area contributed by atoms with Crippen LogP contribution < -0.4 is 0 Å². The van der Waals surface area contributed by atoms with Crippen LogP contribution in [0.15, 0.2) is 60.7 Å². The lowest BCUT2D eigenvalue weighted by Crippen LogP contribution is -2.43. The molecule has 2 aliphatic carbocycles. The number of methoxy groups -OCH3 is 2. The Hall–Kier alpha value is -1.64. The van der Waals surface area contributed by atoms with Crippen molar-refractivity contribution in [2.45, 2.75) is 36.9 Å². The number of benzene rings is 2. The summed E-state index contributed by atoms with van der Waals surface area (Å²) in [4.78, 5) is 0. The summed E-state index contributed by atoms with van der Waals surface area (Å²) in [5.74, 6) is 1.23. The maximum absolute atomic E-state index is 6.20. The van der Waals surface area contributed by atoms with Crippen molar-refractivity contribution in [3.05, 3.63) is 71.8 Å². The highest BCUT2D eigenvalue weighted by molar-refractivity contribution is 5.35. The van der Waals surface area contributed by atoms with Crippen LogP contribution in [0.2, 0.25) is 0 Å². The molecule has 0 aromatic heterocycles. The fourth-order valence-corrected chi connectivity index (χ4v) is 5.51. The molecular formula is C22H26O2. The number of ether oxygens (including phenoxy) is 2. The number of hydrogen-bond acceptors (Lipinski definition) is 2. The Balaban J connectivity index is 1.87. The molecule has 2 fully saturated rings. The molecule has 0 spiro atoms. The van der Waals surface area contributed by atoms with E-state index in [0.29, 0.717) is 11.8 Å². The molecule has 0 radical (unpaired) electrons. The largest absolute Gasteiger partial charge is 0.352 e. The van der Waals surface area contributed by atoms with Crippen LogP contribution in [-0.4, -0.2) is 20.0 Å². The maximum Gasteiger partial charge on any atom is 0.181 e. The summed E-state index contributed by atoms with van der Waals surface area (Å²) in [5.41, 5.74) is 2.69. The molecule has 0 heterocycles. The third kappa shape index (κ3) is 2.24. The molecule has 2 heteroatoms. The number of fused-ring (bicyclic) bond motifs is 1. The van der Waals surface area contributed by atoms with Gasteiger partial charge in [-0.3, -0.25) is 0 Å². The van der Waals surface area contributed by atoms with Gasteiger partial charge in [-0.1, -0.05) is 67.1 Å². The second-order valence-electron chi connectivity index (χ2n) is 7.16. The van der Waals surface area contributed by atoms with E-state index in [9.17, 15) is 0 Å². The molecule has 0 N–H and O–H groups in total. The summed E-state index contributed by atoms with van der Waals surface area (Å²) in [6.45, 7) is 0. The highest BCUT2D eigenvalue weighted by atomic mass is 16.7. The SMILES string of the molecule is COC1(OC)C(c2ccccc2)C2CCCC2C1c1ccccc1. The molecule has 2 aromatic rings. The fraction of sp³-hybridized carbons (Fsp3) is 0.455. The van der Waals surface area contributed by atoms with Gasteiger partial charge in [-0.2, -0.15) is 0 Å². The zero-order valence-electron chi connectivity index (χ0n) is 14.5. The molecule has 126 valence electrons. The second-order valence-corrected chi connectivity index (χ2v) is 7.16. The van der Waals surface area contributed by atoms with Gasteiger partial charge in [0.05, 0.1) is 0 Å². The summed E-state index contributed by atoms with van der Waals surface area (Å²) in [7, 11) is 3.63. The van der Waals surface area contributed by atoms with Crippen molar-refractivity contribution in [2.75, 3.05) is 14.2 Å². The summed E-state index contributed by atoms with van der Waals surface area (Å²) in [6.07, 6.45) is 3.84. The van der Waals surface area contributed by atoms with Gasteiger partial charge in [0.2, 0.25) is 0 Å². The number of rotatable bonds is 4. The summed E-state index contributed by atoms with van der Waals surface area (Å²) in [5, 5.41) is 0. The standard InChI is InChI=1S/C22H26O2/c1-23-22(24-2)20(16-10-5-3-6-11-16)18-14-9-15-19(18)21(22)17-12-7-4-8-13-17/h3-8,10-13,18-21H,9,14-15H2,1-2H3. The highest BCUT2D eigenvalue weighted by Crippen LogP contribution is 2.64. The molecule has 0 saturated heterocycles. The normalized spacial score (nSPS) is 31.1. The topological polar surface area (TPSA) is 18.5 Å². The van der Waals surface area contributed by atoms with Gasteiger partial charge in [0.15, 0.2) is 5.79 Å². The molecule has 2 aromatic carbocycles. The Morgan fingerprint density at radius 2 is 1.12 bits per heavy atom. The van der Waals surface area contributed by atoms with E-state index < -0.39 is 5.79 Å². The first-order valence-corrected chi connectivity index (χ1v) is 9.02. The predicted molar refractivity (Wildman–Crippen MR) is 95.9 cm³/mol. The Labute approximate surface area is 144 Å². The zero-order chi connectivity index (χ0) is 16.6. The lowest BCUT2D eigenvalue weighted by Gasteiger charge is -2.40. The molecule has 2 aliphatic rings. The van der Waals surface area contributed by atoms with Crippen LogP contribution in [0, 0.1) is 11.8 Å². The van der Waals surface area contributed by atoms with Crippen LogP contribution in [0.3, 0.4) is 0 Å². The highest BCUT2D eigenvalue weighted by Gasteiger charge is 2.63. The van der Waals surface area contributed by atoms with Crippen LogP contribution >= 0.6 is 0 Å². The third-order valence-electron chi connectivity index (χ3n) is 6.30. The van der Waals surface area contributed by atoms with Gasteiger partial charge < -0.3 is 9.47 Å². The first kappa shape index (κ1) is 15.9. The van der Waals surface area contributed by atoms with E-state index >= 15 is 0 Å². The zero-order valence-corrected chi connectivity index (χ0v) is 14.5. The predicted octanol–water partition coefficient (Wildman–Crippen LogP) is 4.97. The Bertz CT molecular complexity index is 607. The average Bonchev–Trinajstić information content (AvgIpc) is 3.20. The first-order valence-electron chi connectivity index (χ1n) is 9.02. The smallest absolute Gasteiger partial charge is 0.181 e. The van der Waals surface area contributed by atoms with Crippen molar-refractivity contribution in [1.29, 1.82) is 0 Å². The Morgan fingerprint density at radius 3 is 1.50 bits per heavy atom. The van der Waals surface area contributed by atoms with E-state index in [2.05, 4.69) is 60.7 Å². The number of hydrogen-bond donors (Lipinski definition) is 0. The Kier molecular flexibility index (Phi) is 4.19. The van der Waals surface area contributed by atoms with Gasteiger partial charge in [-0.15, -0.1) is 0 Å². The summed E-state index contributed by atoms with van der Waals surface area (Å²) < 4.78 is 12.4. The molecule has 4 rings (SSSR count). The molecule has 24 heavy (non-hydrogen) atoms. The molecule has 2 saturated carbocycles. The molecule has 0 bridgehead atoms. The third-order valence-corrected chi connectivity index (χ3v) is 6.30. The van der Waals surface area contributed by atoms with Gasteiger partial charge in [0, 0.05) is 26.1 Å². The average molecular weight is 322 g/mol. The monoisotopic (exact) mass is 322 g/mol. The second kappa shape index (κ2) is 6.34. The molecule has 0 aliphatic heterocycles. The minimum Gasteiger partial charge on any atom is -0.352 e. The molecule has 0 amide bonds. The van der Waals surface area contributed by atoms with E-state index in [4.69, 9.17) is 9.47 Å². The van der Waals surface area contributed by atoms with Crippen molar-refractivity contribution >= 4 is 0 Å². The van der Waals surface area contributed by atoms with E-state index in [0.717, 1.165) is 0 Å². The lowest BCUT2D eigenvalue weighted by molar-refractivity contribution is -0.226. The van der Waals surface area contributed by atoms with E-state index in [1.807, 2.05) is 14.2 Å². The van der Waals surface area contributed by atoms with Crippen LogP contribution in [0.5, 0.6) is 0 Å². The van der Waals surface area contributed by atoms with Crippen LogP contribution in [-0.2, 0) is 9.47 Å². The van der Waals surface area contributed by atoms with E-state index in [1.165, 1.54) is 30.4 Å². The van der Waals surface area contributed by atoms with Gasteiger partial charge in [-0.25, -0.2) is 0 Å². The van der Waals surface area contributed by atoms with Gasteiger partial charge in [0.25, 0.3) is 0 Å². The van der Waals surface area contributed by atoms with Crippen molar-refractivity contribution in [2.24, 2.45) is 11.8 Å². The van der Waals surface area contributed by atoms with E-state index in [1.54, 1.807) is 0 Å². The van der Waals surface area contributed by atoms with E-state index in [-0.39, 0.29) is 11.8 Å². The first-order chi connectivity index (χ1) is 11.8. The fourth-order valence-electron chi connectivity index (χ4n) is 5.51. The summed E-state index contributed by atoms with van der Waals surface area (Å²) in [6, 6.07) is 21.6. The van der Waals surface area contributed by atoms with Crippen LogP contribution in [0.1, 0.15) is 42.2 Å². The van der Waals surface area contributed by atoms with Crippen LogP contribution in [0.25, 0.3) is 0 Å². The van der Waals surface area contributed by atoms with Gasteiger partial charge in [0.1, 0.15) is 0 Å². The maximum atomic E-state index is 6.20. The van der Waals surface area contributed by atoms with Crippen molar-refractivity contribution in [1.82, 2.24) is 0 Å². The molecular weight excluding hydrogens is 296 g/mol. The van der Waals surface area contributed by atoms with Gasteiger partial charge in [-0.05, 0) is 35.8 Å². The minimum atomic E-state index is -0.585. The molecule has 2 nitrogen and oxygen atoms in total. The minimum absolute atomic E-state index is 0.284. The molecule has 4 unspecified atom stereocenters. The van der Waals surface area contributed by atoms with Crippen molar-refractivity contribution < 1.29 is 9.47 Å². The quantitative estimate of drug-likeness (QED) is 0.740. The van der Waals surface area contributed by atoms with Crippen molar-refractivity contribution in [3.63, 3.8) is 0 Å². The van der Waals surface area contributed by atoms with Crippen LogP contribution in [0.4, 0.5) is 0 Å². The summed E-state index contributed by atoms with van der Waals surface area (Å²) >= 11 is 0. The van der Waals surface area contributed by atoms with Gasteiger partial charge >= 0.3 is 0 Å².